The number of allylic oxidation sites excluding steroid dienone is 8. The molecular weight excluding hydrogens is 949 g/mol. The molecule has 0 N–H and O–H groups in total. The fourth-order valence-corrected chi connectivity index (χ4v) is 10.1. The van der Waals surface area contributed by atoms with Gasteiger partial charge in [-0.25, -0.2) is 0 Å². The fourth-order valence-electron chi connectivity index (χ4n) is 10.1. The highest BCUT2D eigenvalue weighted by Crippen LogP contribution is 2.17. The molecule has 450 valence electrons. The Balaban J connectivity index is 4.29. The third kappa shape index (κ3) is 64.1. The van der Waals surface area contributed by atoms with Crippen LogP contribution in [0.25, 0.3) is 0 Å². The van der Waals surface area contributed by atoms with Gasteiger partial charge in [-0.15, -0.1) is 0 Å². The molecule has 1 unspecified atom stereocenters. The van der Waals surface area contributed by atoms with Crippen LogP contribution in [0.5, 0.6) is 0 Å². The van der Waals surface area contributed by atoms with E-state index in [0.717, 1.165) is 70.6 Å². The average Bonchev–Trinajstić information content (AvgIpc) is 3.43. The number of rotatable bonds is 63. The van der Waals surface area contributed by atoms with Gasteiger partial charge in [0.25, 0.3) is 0 Å². The third-order valence-electron chi connectivity index (χ3n) is 15.3. The van der Waals surface area contributed by atoms with Crippen molar-refractivity contribution in [2.45, 2.75) is 374 Å². The quantitative estimate of drug-likeness (QED) is 0.0261. The van der Waals surface area contributed by atoms with Crippen LogP contribution in [0.4, 0.5) is 0 Å². The Morgan fingerprint density at radius 3 is 0.753 bits per heavy atom. The molecule has 77 heavy (non-hydrogen) atoms. The zero-order valence-corrected chi connectivity index (χ0v) is 51.7. The molecule has 0 aliphatic heterocycles. The van der Waals surface area contributed by atoms with Crippen LogP contribution in [0.3, 0.4) is 0 Å². The van der Waals surface area contributed by atoms with Crippen molar-refractivity contribution in [1.29, 1.82) is 0 Å². The molecule has 0 radical (unpaired) electrons. The molecule has 0 rings (SSSR count). The lowest BCUT2D eigenvalue weighted by Crippen LogP contribution is -2.30. The SMILES string of the molecule is CCCCC/C=C\C/C=C\CCCCCCCCCCCC(=O)OC(COC(=O)CCCCCCC/C=C\CCCCCCCC)COC(=O)CCCCCCCCCCCCCCC/C=C\CCCCCCCCCC. The summed E-state index contributed by atoms with van der Waals surface area (Å²) in [6.07, 6.45) is 82.7. The van der Waals surface area contributed by atoms with Crippen molar-refractivity contribution < 1.29 is 28.6 Å². The summed E-state index contributed by atoms with van der Waals surface area (Å²) >= 11 is 0. The molecule has 0 spiro atoms. The van der Waals surface area contributed by atoms with Crippen LogP contribution < -0.4 is 0 Å². The van der Waals surface area contributed by atoms with Crippen molar-refractivity contribution in [3.8, 4) is 0 Å². The highest BCUT2D eigenvalue weighted by atomic mass is 16.6. The third-order valence-corrected chi connectivity index (χ3v) is 15.3. The van der Waals surface area contributed by atoms with Gasteiger partial charge >= 0.3 is 17.9 Å². The fraction of sp³-hybridized carbons (Fsp3) is 0.845. The van der Waals surface area contributed by atoms with E-state index in [1.165, 1.54) is 257 Å². The number of unbranched alkanes of at least 4 members (excludes halogenated alkanes) is 44. The first-order valence-corrected chi connectivity index (χ1v) is 34.1. The van der Waals surface area contributed by atoms with Crippen LogP contribution in [-0.2, 0) is 28.6 Å². The molecule has 1 atom stereocenters. The summed E-state index contributed by atoms with van der Waals surface area (Å²) < 4.78 is 17.0. The highest BCUT2D eigenvalue weighted by Gasteiger charge is 2.19. The first-order valence-electron chi connectivity index (χ1n) is 34.1. The van der Waals surface area contributed by atoms with Crippen molar-refractivity contribution in [2.24, 2.45) is 0 Å². The first-order chi connectivity index (χ1) is 38.0. The van der Waals surface area contributed by atoms with Gasteiger partial charge in [-0.3, -0.25) is 14.4 Å². The molecule has 0 fully saturated rings. The van der Waals surface area contributed by atoms with E-state index in [-0.39, 0.29) is 31.1 Å². The Morgan fingerprint density at radius 2 is 0.468 bits per heavy atom. The van der Waals surface area contributed by atoms with Crippen LogP contribution in [0.15, 0.2) is 48.6 Å². The van der Waals surface area contributed by atoms with Crippen molar-refractivity contribution in [3.63, 3.8) is 0 Å². The molecule has 0 amide bonds. The lowest BCUT2D eigenvalue weighted by Gasteiger charge is -2.18. The molecule has 0 aromatic carbocycles. The van der Waals surface area contributed by atoms with Crippen molar-refractivity contribution in [3.05, 3.63) is 48.6 Å². The number of carbonyl (C=O) groups excluding carboxylic acids is 3. The number of hydrogen-bond donors (Lipinski definition) is 0. The molecule has 0 aromatic rings. The summed E-state index contributed by atoms with van der Waals surface area (Å²) in [7, 11) is 0. The maximum absolute atomic E-state index is 12.9. The Bertz CT molecular complexity index is 1330. The molecule has 0 saturated heterocycles. The Kier molecular flexibility index (Phi) is 63.6. The molecule has 0 aliphatic rings. The minimum atomic E-state index is -0.779. The summed E-state index contributed by atoms with van der Waals surface area (Å²) in [5.74, 6) is -0.865. The van der Waals surface area contributed by atoms with Crippen LogP contribution >= 0.6 is 0 Å². The summed E-state index contributed by atoms with van der Waals surface area (Å²) in [6.45, 7) is 6.66. The van der Waals surface area contributed by atoms with Gasteiger partial charge in [0.05, 0.1) is 0 Å². The normalized spacial score (nSPS) is 12.3. The van der Waals surface area contributed by atoms with Gasteiger partial charge in [-0.2, -0.15) is 0 Å². The van der Waals surface area contributed by atoms with E-state index in [4.69, 9.17) is 14.2 Å². The van der Waals surface area contributed by atoms with Gasteiger partial charge in [0, 0.05) is 19.3 Å². The molecule has 0 aromatic heterocycles. The minimum absolute atomic E-state index is 0.0745. The summed E-state index contributed by atoms with van der Waals surface area (Å²) in [5.41, 5.74) is 0. The van der Waals surface area contributed by atoms with Crippen LogP contribution in [0.2, 0.25) is 0 Å². The molecule has 0 bridgehead atoms. The monoisotopic (exact) mass is 1080 g/mol. The number of esters is 3. The molecule has 6 nitrogen and oxygen atoms in total. The summed E-state index contributed by atoms with van der Waals surface area (Å²) in [5, 5.41) is 0. The summed E-state index contributed by atoms with van der Waals surface area (Å²) in [4.78, 5) is 38.4. The number of carbonyl (C=O) groups is 3. The first kappa shape index (κ1) is 74.4. The average molecular weight is 1080 g/mol. The van der Waals surface area contributed by atoms with Gasteiger partial charge < -0.3 is 14.2 Å². The van der Waals surface area contributed by atoms with Gasteiger partial charge in [0.2, 0.25) is 0 Å². The smallest absolute Gasteiger partial charge is 0.306 e. The van der Waals surface area contributed by atoms with Crippen molar-refractivity contribution in [1.82, 2.24) is 0 Å². The maximum atomic E-state index is 12.9. The van der Waals surface area contributed by atoms with E-state index >= 15 is 0 Å². The van der Waals surface area contributed by atoms with E-state index in [2.05, 4.69) is 69.4 Å². The number of hydrogen-bond acceptors (Lipinski definition) is 6. The second-order valence-electron chi connectivity index (χ2n) is 23.1. The topological polar surface area (TPSA) is 78.9 Å². The Hall–Kier alpha value is -2.63. The van der Waals surface area contributed by atoms with Crippen molar-refractivity contribution in [2.75, 3.05) is 13.2 Å². The standard InChI is InChI=1S/C71H130O6/c1-4-7-10-13-16-19-22-25-28-30-32-33-34-35-36-37-39-40-43-46-49-52-55-58-61-64-70(73)76-67-68(66-75-69(72)63-60-57-54-51-48-45-42-27-24-21-18-15-12-9-6-3)77-71(74)65-62-59-56-53-50-47-44-41-38-31-29-26-23-20-17-14-11-8-5-2/h17,20,26-27,29-30,32,42,68H,4-16,18-19,21-25,28,31,33-41,43-67H2,1-3H3/b20-17-,29-26-,32-30-,42-27-. The van der Waals surface area contributed by atoms with Crippen LogP contribution in [-0.4, -0.2) is 37.2 Å². The second-order valence-corrected chi connectivity index (χ2v) is 23.1. The molecule has 0 saturated carbocycles. The van der Waals surface area contributed by atoms with Gasteiger partial charge in [-0.1, -0.05) is 294 Å². The van der Waals surface area contributed by atoms with Crippen LogP contribution in [0, 0.1) is 0 Å². The summed E-state index contributed by atoms with van der Waals surface area (Å²) in [6, 6.07) is 0. The van der Waals surface area contributed by atoms with E-state index < -0.39 is 6.10 Å². The van der Waals surface area contributed by atoms with E-state index in [1.807, 2.05) is 0 Å². The van der Waals surface area contributed by atoms with E-state index in [1.54, 1.807) is 0 Å². The molecular formula is C71H130O6. The van der Waals surface area contributed by atoms with Gasteiger partial charge in [0.15, 0.2) is 6.10 Å². The Labute approximate surface area is 479 Å². The zero-order valence-electron chi connectivity index (χ0n) is 51.7. The predicted molar refractivity (Wildman–Crippen MR) is 335 cm³/mol. The largest absolute Gasteiger partial charge is 0.462 e. The Morgan fingerprint density at radius 1 is 0.260 bits per heavy atom. The molecule has 6 heteroatoms. The minimum Gasteiger partial charge on any atom is -0.462 e. The molecule has 0 aliphatic carbocycles. The highest BCUT2D eigenvalue weighted by molar-refractivity contribution is 5.71. The predicted octanol–water partition coefficient (Wildman–Crippen LogP) is 23.3. The van der Waals surface area contributed by atoms with E-state index in [0.29, 0.717) is 19.3 Å². The maximum Gasteiger partial charge on any atom is 0.306 e. The van der Waals surface area contributed by atoms with Crippen LogP contribution in [0.1, 0.15) is 367 Å². The van der Waals surface area contributed by atoms with Gasteiger partial charge in [-0.05, 0) is 103 Å². The number of ether oxygens (including phenoxy) is 3. The zero-order chi connectivity index (χ0) is 55.7. The van der Waals surface area contributed by atoms with Gasteiger partial charge in [0.1, 0.15) is 13.2 Å². The van der Waals surface area contributed by atoms with Crippen molar-refractivity contribution >= 4 is 17.9 Å². The lowest BCUT2D eigenvalue weighted by atomic mass is 10.0. The van der Waals surface area contributed by atoms with E-state index in [9.17, 15) is 14.4 Å². The molecule has 0 heterocycles. The second kappa shape index (κ2) is 65.9. The lowest BCUT2D eigenvalue weighted by molar-refractivity contribution is -0.167.